The second-order valence-corrected chi connectivity index (χ2v) is 5.58. The molecule has 0 aromatic carbocycles. The first-order valence-corrected chi connectivity index (χ1v) is 6.40. The van der Waals surface area contributed by atoms with Gasteiger partial charge in [0.15, 0.2) is 5.13 Å². The van der Waals surface area contributed by atoms with E-state index in [4.69, 9.17) is 0 Å². The van der Waals surface area contributed by atoms with Crippen LogP contribution in [0.5, 0.6) is 0 Å². The number of rotatable bonds is 2. The molecule has 0 aliphatic carbocycles. The lowest BCUT2D eigenvalue weighted by Gasteiger charge is -2.36. The van der Waals surface area contributed by atoms with Gasteiger partial charge in [0.05, 0.1) is 0 Å². The predicted molar refractivity (Wildman–Crippen MR) is 65.8 cm³/mol. The standard InChI is InChI=1S/C11H19N3S/c1-9(2)13-4-6-14(7-5-13)11-12-8-10(3)15-11/h8-9H,4-7H2,1-3H3. The number of piperazine rings is 1. The molecule has 1 saturated heterocycles. The van der Waals surface area contributed by atoms with Crippen molar-refractivity contribution in [3.63, 3.8) is 0 Å². The molecule has 0 radical (unpaired) electrons. The van der Waals surface area contributed by atoms with Gasteiger partial charge in [-0.3, -0.25) is 4.90 Å². The van der Waals surface area contributed by atoms with Crippen LogP contribution in [0.3, 0.4) is 0 Å². The summed E-state index contributed by atoms with van der Waals surface area (Å²) in [5.74, 6) is 0. The summed E-state index contributed by atoms with van der Waals surface area (Å²) in [5, 5.41) is 1.19. The van der Waals surface area contributed by atoms with Crippen molar-refractivity contribution < 1.29 is 0 Å². The number of anilines is 1. The fraction of sp³-hybridized carbons (Fsp3) is 0.727. The van der Waals surface area contributed by atoms with Crippen molar-refractivity contribution in [1.29, 1.82) is 0 Å². The van der Waals surface area contributed by atoms with Crippen molar-refractivity contribution in [3.05, 3.63) is 11.1 Å². The first-order chi connectivity index (χ1) is 7.16. The molecule has 0 atom stereocenters. The number of nitrogens with zero attached hydrogens (tertiary/aromatic N) is 3. The summed E-state index contributed by atoms with van der Waals surface area (Å²) in [6, 6.07) is 0.671. The number of thiazole rings is 1. The quantitative estimate of drug-likeness (QED) is 0.767. The van der Waals surface area contributed by atoms with Crippen LogP contribution in [0.4, 0.5) is 5.13 Å². The lowest BCUT2D eigenvalue weighted by Crippen LogP contribution is -2.48. The molecule has 1 aliphatic heterocycles. The highest BCUT2D eigenvalue weighted by atomic mass is 32.1. The van der Waals surface area contributed by atoms with Gasteiger partial charge in [0.25, 0.3) is 0 Å². The van der Waals surface area contributed by atoms with E-state index in [-0.39, 0.29) is 0 Å². The van der Waals surface area contributed by atoms with Gasteiger partial charge >= 0.3 is 0 Å². The molecule has 0 amide bonds. The van der Waals surface area contributed by atoms with Gasteiger partial charge in [-0.25, -0.2) is 4.98 Å². The Bertz CT molecular complexity index is 313. The molecule has 0 spiro atoms. The summed E-state index contributed by atoms with van der Waals surface area (Å²) in [6.07, 6.45) is 1.97. The molecule has 2 heterocycles. The van der Waals surface area contributed by atoms with E-state index in [2.05, 4.69) is 35.6 Å². The van der Waals surface area contributed by atoms with Crippen LogP contribution in [-0.4, -0.2) is 42.1 Å². The van der Waals surface area contributed by atoms with Gasteiger partial charge in [-0.15, -0.1) is 11.3 Å². The van der Waals surface area contributed by atoms with Crippen LogP contribution in [0.2, 0.25) is 0 Å². The van der Waals surface area contributed by atoms with E-state index in [1.807, 2.05) is 6.20 Å². The summed E-state index contributed by atoms with van der Waals surface area (Å²) in [5.41, 5.74) is 0. The van der Waals surface area contributed by atoms with Crippen molar-refractivity contribution in [3.8, 4) is 0 Å². The minimum atomic E-state index is 0.671. The van der Waals surface area contributed by atoms with Crippen LogP contribution >= 0.6 is 11.3 Å². The van der Waals surface area contributed by atoms with Gasteiger partial charge in [0.1, 0.15) is 0 Å². The average Bonchev–Trinajstić information content (AvgIpc) is 2.65. The molecule has 0 bridgehead atoms. The highest BCUT2D eigenvalue weighted by molar-refractivity contribution is 7.15. The summed E-state index contributed by atoms with van der Waals surface area (Å²) in [7, 11) is 0. The number of hydrogen-bond acceptors (Lipinski definition) is 4. The molecule has 1 aromatic rings. The van der Waals surface area contributed by atoms with Gasteiger partial charge in [0.2, 0.25) is 0 Å². The van der Waals surface area contributed by atoms with E-state index in [0.29, 0.717) is 6.04 Å². The molecule has 4 heteroatoms. The Morgan fingerprint density at radius 2 is 1.93 bits per heavy atom. The summed E-state index contributed by atoms with van der Waals surface area (Å²) in [4.78, 5) is 10.7. The van der Waals surface area contributed by atoms with Crippen molar-refractivity contribution in [2.75, 3.05) is 31.1 Å². The Morgan fingerprint density at radius 3 is 2.40 bits per heavy atom. The molecular weight excluding hydrogens is 206 g/mol. The van der Waals surface area contributed by atoms with Crippen LogP contribution in [0.1, 0.15) is 18.7 Å². The molecule has 1 fully saturated rings. The Morgan fingerprint density at radius 1 is 1.27 bits per heavy atom. The van der Waals surface area contributed by atoms with E-state index in [0.717, 1.165) is 26.2 Å². The monoisotopic (exact) mass is 225 g/mol. The smallest absolute Gasteiger partial charge is 0.185 e. The van der Waals surface area contributed by atoms with E-state index < -0.39 is 0 Å². The second kappa shape index (κ2) is 4.49. The first-order valence-electron chi connectivity index (χ1n) is 5.58. The molecule has 15 heavy (non-hydrogen) atoms. The average molecular weight is 225 g/mol. The lowest BCUT2D eigenvalue weighted by molar-refractivity contribution is 0.209. The first kappa shape index (κ1) is 10.9. The van der Waals surface area contributed by atoms with Crippen LogP contribution in [-0.2, 0) is 0 Å². The third-order valence-corrected chi connectivity index (χ3v) is 3.90. The molecule has 0 N–H and O–H groups in total. The minimum absolute atomic E-state index is 0.671. The molecule has 2 rings (SSSR count). The SMILES string of the molecule is Cc1cnc(N2CCN(C(C)C)CC2)s1. The van der Waals surface area contributed by atoms with Gasteiger partial charge in [-0.2, -0.15) is 0 Å². The molecule has 0 saturated carbocycles. The highest BCUT2D eigenvalue weighted by Crippen LogP contribution is 2.22. The van der Waals surface area contributed by atoms with Crippen molar-refractivity contribution in [2.45, 2.75) is 26.8 Å². The van der Waals surface area contributed by atoms with E-state index in [1.165, 1.54) is 10.0 Å². The predicted octanol–water partition coefficient (Wildman–Crippen LogP) is 1.98. The zero-order valence-corrected chi connectivity index (χ0v) is 10.5. The largest absolute Gasteiger partial charge is 0.346 e. The highest BCUT2D eigenvalue weighted by Gasteiger charge is 2.20. The van der Waals surface area contributed by atoms with E-state index in [9.17, 15) is 0 Å². The molecule has 84 valence electrons. The molecule has 0 unspecified atom stereocenters. The third kappa shape index (κ3) is 2.49. The number of hydrogen-bond donors (Lipinski definition) is 0. The third-order valence-electron chi connectivity index (χ3n) is 2.92. The summed E-state index contributed by atoms with van der Waals surface area (Å²) >= 11 is 1.80. The minimum Gasteiger partial charge on any atom is -0.346 e. The fourth-order valence-electron chi connectivity index (χ4n) is 1.92. The Hall–Kier alpha value is -0.610. The maximum Gasteiger partial charge on any atom is 0.185 e. The lowest BCUT2D eigenvalue weighted by atomic mass is 10.2. The number of aromatic nitrogens is 1. The Balaban J connectivity index is 1.93. The van der Waals surface area contributed by atoms with Gasteiger partial charge in [-0.05, 0) is 20.8 Å². The maximum absolute atomic E-state index is 4.44. The zero-order valence-electron chi connectivity index (χ0n) is 9.73. The molecule has 1 aromatic heterocycles. The maximum atomic E-state index is 4.44. The fourth-order valence-corrected chi connectivity index (χ4v) is 2.73. The number of aryl methyl sites for hydroxylation is 1. The van der Waals surface area contributed by atoms with Gasteiger partial charge < -0.3 is 4.90 Å². The van der Waals surface area contributed by atoms with Crippen molar-refractivity contribution in [2.24, 2.45) is 0 Å². The second-order valence-electron chi connectivity index (χ2n) is 4.37. The molecule has 3 nitrogen and oxygen atoms in total. The Labute approximate surface area is 95.7 Å². The molecule has 1 aliphatic rings. The van der Waals surface area contributed by atoms with Crippen molar-refractivity contribution in [1.82, 2.24) is 9.88 Å². The van der Waals surface area contributed by atoms with Crippen LogP contribution in [0, 0.1) is 6.92 Å². The topological polar surface area (TPSA) is 19.4 Å². The summed E-state index contributed by atoms with van der Waals surface area (Å²) < 4.78 is 0. The van der Waals surface area contributed by atoms with Crippen LogP contribution in [0.25, 0.3) is 0 Å². The van der Waals surface area contributed by atoms with Crippen LogP contribution in [0.15, 0.2) is 6.20 Å². The normalized spacial score (nSPS) is 18.8. The van der Waals surface area contributed by atoms with Gasteiger partial charge in [0, 0.05) is 43.3 Å². The zero-order chi connectivity index (χ0) is 10.8. The van der Waals surface area contributed by atoms with E-state index in [1.54, 1.807) is 11.3 Å². The Kier molecular flexibility index (Phi) is 3.26. The van der Waals surface area contributed by atoms with E-state index >= 15 is 0 Å². The van der Waals surface area contributed by atoms with Crippen molar-refractivity contribution >= 4 is 16.5 Å². The van der Waals surface area contributed by atoms with Gasteiger partial charge in [-0.1, -0.05) is 0 Å². The van der Waals surface area contributed by atoms with Crippen LogP contribution < -0.4 is 4.90 Å². The summed E-state index contributed by atoms with van der Waals surface area (Å²) in [6.45, 7) is 11.2. The molecular formula is C11H19N3S.